The number of rotatable bonds is 3. The van der Waals surface area contributed by atoms with Crippen molar-refractivity contribution in [2.45, 2.75) is 13.3 Å². The predicted molar refractivity (Wildman–Crippen MR) is 48.6 cm³/mol. The van der Waals surface area contributed by atoms with Gasteiger partial charge < -0.3 is 0 Å². The molecule has 0 aliphatic carbocycles. The number of aromatic nitrogens is 1. The highest BCUT2D eigenvalue weighted by Gasteiger charge is 1.91. The number of hydrogen-bond donors (Lipinski definition) is 2. The summed E-state index contributed by atoms with van der Waals surface area (Å²) >= 11 is 0. The third kappa shape index (κ3) is 3.14. The molecule has 12 heavy (non-hydrogen) atoms. The second-order valence-corrected chi connectivity index (χ2v) is 2.72. The van der Waals surface area contributed by atoms with E-state index in [-0.39, 0.29) is 0 Å². The number of hydrogen-bond acceptors (Lipinski definition) is 1. The van der Waals surface area contributed by atoms with Crippen LogP contribution in [0.2, 0.25) is 0 Å². The highest BCUT2D eigenvalue weighted by molar-refractivity contribution is 5.70. The lowest BCUT2D eigenvalue weighted by Gasteiger charge is -1.94. The third-order valence-corrected chi connectivity index (χ3v) is 1.57. The fourth-order valence-corrected chi connectivity index (χ4v) is 0.953. The maximum atomic E-state index is 5.45. The van der Waals surface area contributed by atoms with E-state index in [4.69, 9.17) is 5.73 Å². The van der Waals surface area contributed by atoms with Gasteiger partial charge in [0.1, 0.15) is 0 Å². The molecule has 3 nitrogen and oxygen atoms in total. The Kier molecular flexibility index (Phi) is 3.26. The molecular formula is C9H14N3+. The first-order valence-electron chi connectivity index (χ1n) is 4.01. The molecular weight excluding hydrogens is 150 g/mol. The van der Waals surface area contributed by atoms with E-state index in [0.29, 0.717) is 0 Å². The molecule has 3 N–H and O–H groups in total. The lowest BCUT2D eigenvalue weighted by atomic mass is 10.2. The first kappa shape index (κ1) is 8.71. The van der Waals surface area contributed by atoms with Crippen LogP contribution in [0.1, 0.15) is 12.5 Å². The molecule has 3 heteroatoms. The standard InChI is InChI=1S/C9H13N3/c1-8(10)12-7-4-9-2-5-11-6-3-9/h2-3,5-6H,4,7H2,1H3,(H2,10,12)/p+1. The number of nitrogens with two attached hydrogens (primary N) is 1. The smallest absolute Gasteiger partial charge is 0.237 e. The first-order chi connectivity index (χ1) is 5.79. The maximum absolute atomic E-state index is 5.45. The van der Waals surface area contributed by atoms with Crippen LogP contribution in [0.15, 0.2) is 24.5 Å². The molecule has 1 heterocycles. The molecule has 1 aromatic heterocycles. The van der Waals surface area contributed by atoms with E-state index in [9.17, 15) is 0 Å². The molecule has 0 bridgehead atoms. The van der Waals surface area contributed by atoms with Gasteiger partial charge >= 0.3 is 0 Å². The van der Waals surface area contributed by atoms with E-state index >= 15 is 0 Å². The molecule has 0 amide bonds. The van der Waals surface area contributed by atoms with Gasteiger partial charge in [0.15, 0.2) is 0 Å². The van der Waals surface area contributed by atoms with Gasteiger partial charge in [-0.05, 0) is 17.7 Å². The average Bonchev–Trinajstić information content (AvgIpc) is 2.05. The van der Waals surface area contributed by atoms with Crippen molar-refractivity contribution < 1.29 is 4.99 Å². The largest absolute Gasteiger partial charge is 0.291 e. The summed E-state index contributed by atoms with van der Waals surface area (Å²) in [6.45, 7) is 2.74. The molecule has 0 saturated carbocycles. The molecule has 0 radical (unpaired) electrons. The van der Waals surface area contributed by atoms with Crippen LogP contribution in [0.4, 0.5) is 0 Å². The maximum Gasteiger partial charge on any atom is 0.237 e. The van der Waals surface area contributed by atoms with E-state index < -0.39 is 0 Å². The second kappa shape index (κ2) is 4.49. The molecule has 0 unspecified atom stereocenters. The van der Waals surface area contributed by atoms with Gasteiger partial charge in [0.25, 0.3) is 0 Å². The summed E-state index contributed by atoms with van der Waals surface area (Å²) in [5, 5.41) is 0. The Bertz CT molecular complexity index is 250. The van der Waals surface area contributed by atoms with Crippen LogP contribution < -0.4 is 10.7 Å². The van der Waals surface area contributed by atoms with Crippen LogP contribution in [0, 0.1) is 0 Å². The van der Waals surface area contributed by atoms with Gasteiger partial charge in [-0.2, -0.15) is 0 Å². The Labute approximate surface area is 72.3 Å². The van der Waals surface area contributed by atoms with Gasteiger partial charge in [-0.15, -0.1) is 0 Å². The van der Waals surface area contributed by atoms with Gasteiger partial charge in [0.05, 0.1) is 6.54 Å². The quantitative estimate of drug-likeness (QED) is 0.448. The van der Waals surface area contributed by atoms with Gasteiger partial charge in [-0.3, -0.25) is 15.7 Å². The summed E-state index contributed by atoms with van der Waals surface area (Å²) in [6.07, 6.45) is 4.58. The summed E-state index contributed by atoms with van der Waals surface area (Å²) < 4.78 is 0. The summed E-state index contributed by atoms with van der Waals surface area (Å²) in [5.74, 6) is 0.768. The number of nitrogens with zero attached hydrogens (tertiary/aromatic N) is 1. The topological polar surface area (TPSA) is 52.9 Å². The minimum Gasteiger partial charge on any atom is -0.291 e. The van der Waals surface area contributed by atoms with Crippen LogP contribution in [-0.4, -0.2) is 17.4 Å². The molecule has 64 valence electrons. The normalized spacial score (nSPS) is 11.6. The van der Waals surface area contributed by atoms with Crippen LogP contribution in [0.25, 0.3) is 0 Å². The third-order valence-electron chi connectivity index (χ3n) is 1.57. The van der Waals surface area contributed by atoms with Gasteiger partial charge in [0.2, 0.25) is 5.84 Å². The van der Waals surface area contributed by atoms with E-state index in [1.54, 1.807) is 12.4 Å². The molecule has 0 atom stereocenters. The van der Waals surface area contributed by atoms with Gasteiger partial charge in [-0.1, -0.05) is 0 Å². The molecule has 0 aromatic carbocycles. The molecule has 0 aliphatic heterocycles. The van der Waals surface area contributed by atoms with Crippen molar-refractivity contribution in [2.24, 2.45) is 5.73 Å². The van der Waals surface area contributed by atoms with E-state index in [0.717, 1.165) is 18.8 Å². The zero-order valence-corrected chi connectivity index (χ0v) is 7.25. The summed E-state index contributed by atoms with van der Waals surface area (Å²) in [4.78, 5) is 7.01. The van der Waals surface area contributed by atoms with Gasteiger partial charge in [-0.25, -0.2) is 0 Å². The van der Waals surface area contributed by atoms with E-state index in [1.165, 1.54) is 5.56 Å². The molecule has 1 rings (SSSR count). The number of nitrogens with one attached hydrogen (secondary N) is 1. The predicted octanol–water partition coefficient (Wildman–Crippen LogP) is -0.918. The van der Waals surface area contributed by atoms with Crippen LogP contribution in [0.3, 0.4) is 0 Å². The monoisotopic (exact) mass is 164 g/mol. The zero-order chi connectivity index (χ0) is 8.81. The molecule has 0 saturated heterocycles. The summed E-state index contributed by atoms with van der Waals surface area (Å²) in [5.41, 5.74) is 6.73. The van der Waals surface area contributed by atoms with Crippen LogP contribution in [-0.2, 0) is 6.42 Å². The van der Waals surface area contributed by atoms with Crippen molar-refractivity contribution in [1.29, 1.82) is 0 Å². The van der Waals surface area contributed by atoms with Crippen molar-refractivity contribution in [2.75, 3.05) is 6.54 Å². The minimum absolute atomic E-state index is 0.768. The Morgan fingerprint density at radius 1 is 1.50 bits per heavy atom. The summed E-state index contributed by atoms with van der Waals surface area (Å²) in [6, 6.07) is 4.01. The van der Waals surface area contributed by atoms with Crippen molar-refractivity contribution >= 4 is 5.84 Å². The highest BCUT2D eigenvalue weighted by Crippen LogP contribution is 1.94. The summed E-state index contributed by atoms with van der Waals surface area (Å²) in [7, 11) is 0. The highest BCUT2D eigenvalue weighted by atomic mass is 14.8. The molecule has 0 spiro atoms. The molecule has 0 aliphatic rings. The molecule has 0 fully saturated rings. The van der Waals surface area contributed by atoms with E-state index in [1.807, 2.05) is 19.1 Å². The van der Waals surface area contributed by atoms with Crippen molar-refractivity contribution in [3.8, 4) is 0 Å². The fourth-order valence-electron chi connectivity index (χ4n) is 0.953. The first-order valence-corrected chi connectivity index (χ1v) is 4.01. The Balaban J connectivity index is 2.39. The number of pyridine rings is 1. The number of amidine groups is 1. The van der Waals surface area contributed by atoms with Crippen LogP contribution >= 0.6 is 0 Å². The van der Waals surface area contributed by atoms with Gasteiger partial charge in [0, 0.05) is 25.7 Å². The lowest BCUT2D eigenvalue weighted by Crippen LogP contribution is -2.75. The van der Waals surface area contributed by atoms with Crippen molar-refractivity contribution in [1.82, 2.24) is 4.98 Å². The van der Waals surface area contributed by atoms with E-state index in [2.05, 4.69) is 9.98 Å². The van der Waals surface area contributed by atoms with Crippen molar-refractivity contribution in [3.05, 3.63) is 30.1 Å². The van der Waals surface area contributed by atoms with Crippen molar-refractivity contribution in [3.63, 3.8) is 0 Å². The second-order valence-electron chi connectivity index (χ2n) is 2.72. The average molecular weight is 164 g/mol. The zero-order valence-electron chi connectivity index (χ0n) is 7.25. The lowest BCUT2D eigenvalue weighted by molar-refractivity contribution is -0.457. The Hall–Kier alpha value is -1.38. The Morgan fingerprint density at radius 2 is 2.17 bits per heavy atom. The minimum atomic E-state index is 0.768. The molecule has 1 aromatic rings. The SMILES string of the molecule is CC(N)=[NH+]CCc1ccncc1. The Morgan fingerprint density at radius 3 is 2.75 bits per heavy atom. The van der Waals surface area contributed by atoms with Crippen LogP contribution in [0.5, 0.6) is 0 Å². The fraction of sp³-hybridized carbons (Fsp3) is 0.333.